The normalized spacial score (nSPS) is 16.4. The molecule has 1 amide bonds. The standard InChI is InChI=1S/C18H13FN2O/c19-12-8-9-14-16(10-12)21-18(22)17(14)20-15-7-3-5-11-4-1-2-6-13(11)15/h1-10,17,20H,(H,21,22). The van der Waals surface area contributed by atoms with Crippen LogP contribution in [0.5, 0.6) is 0 Å². The Bertz CT molecular complexity index is 886. The maximum Gasteiger partial charge on any atom is 0.251 e. The van der Waals surface area contributed by atoms with Crippen LogP contribution in [0.25, 0.3) is 10.8 Å². The van der Waals surface area contributed by atoms with Crippen molar-refractivity contribution in [3.8, 4) is 0 Å². The molecule has 3 aromatic carbocycles. The van der Waals surface area contributed by atoms with Crippen molar-refractivity contribution in [2.45, 2.75) is 6.04 Å². The molecular formula is C18H13FN2O. The van der Waals surface area contributed by atoms with Crippen LogP contribution in [0.2, 0.25) is 0 Å². The third kappa shape index (κ3) is 2.00. The zero-order chi connectivity index (χ0) is 15.1. The van der Waals surface area contributed by atoms with Crippen molar-refractivity contribution in [2.24, 2.45) is 0 Å². The molecule has 0 saturated carbocycles. The molecule has 3 aromatic rings. The van der Waals surface area contributed by atoms with Gasteiger partial charge in [-0.25, -0.2) is 4.39 Å². The fourth-order valence-corrected chi connectivity index (χ4v) is 2.88. The molecule has 0 bridgehead atoms. The van der Waals surface area contributed by atoms with Crippen LogP contribution in [0.1, 0.15) is 11.6 Å². The summed E-state index contributed by atoms with van der Waals surface area (Å²) < 4.78 is 13.3. The first kappa shape index (κ1) is 12.8. The first-order valence-corrected chi connectivity index (χ1v) is 7.07. The molecule has 0 aromatic heterocycles. The first-order chi connectivity index (χ1) is 10.7. The number of hydrogen-bond acceptors (Lipinski definition) is 2. The van der Waals surface area contributed by atoms with Gasteiger partial charge in [0.25, 0.3) is 5.91 Å². The van der Waals surface area contributed by atoms with E-state index in [1.54, 1.807) is 6.07 Å². The second-order valence-corrected chi connectivity index (χ2v) is 5.32. The summed E-state index contributed by atoms with van der Waals surface area (Å²) in [5, 5.41) is 8.14. The molecule has 4 heteroatoms. The van der Waals surface area contributed by atoms with Gasteiger partial charge in [0.15, 0.2) is 0 Å². The van der Waals surface area contributed by atoms with E-state index < -0.39 is 6.04 Å². The summed E-state index contributed by atoms with van der Waals surface area (Å²) in [6, 6.07) is 17.7. The molecule has 108 valence electrons. The number of rotatable bonds is 2. The molecule has 1 atom stereocenters. The number of fused-ring (bicyclic) bond motifs is 2. The molecule has 22 heavy (non-hydrogen) atoms. The van der Waals surface area contributed by atoms with Crippen molar-refractivity contribution >= 4 is 28.1 Å². The van der Waals surface area contributed by atoms with E-state index in [4.69, 9.17) is 0 Å². The fraction of sp³-hybridized carbons (Fsp3) is 0.0556. The highest BCUT2D eigenvalue weighted by Crippen LogP contribution is 2.35. The predicted octanol–water partition coefficient (Wildman–Crippen LogP) is 4.08. The van der Waals surface area contributed by atoms with Gasteiger partial charge in [-0.1, -0.05) is 42.5 Å². The summed E-state index contributed by atoms with van der Waals surface area (Å²) >= 11 is 0. The molecule has 0 saturated heterocycles. The molecule has 0 fully saturated rings. The molecule has 0 aliphatic carbocycles. The van der Waals surface area contributed by atoms with Crippen LogP contribution in [0.15, 0.2) is 60.7 Å². The Balaban J connectivity index is 1.76. The molecule has 4 rings (SSSR count). The van der Waals surface area contributed by atoms with Gasteiger partial charge in [-0.05, 0) is 23.6 Å². The van der Waals surface area contributed by atoms with E-state index in [1.165, 1.54) is 12.1 Å². The van der Waals surface area contributed by atoms with Crippen molar-refractivity contribution in [3.05, 3.63) is 72.0 Å². The average molecular weight is 292 g/mol. The number of anilines is 2. The zero-order valence-corrected chi connectivity index (χ0v) is 11.6. The van der Waals surface area contributed by atoms with Gasteiger partial charge in [0, 0.05) is 22.3 Å². The number of halogens is 1. The maximum atomic E-state index is 13.3. The SMILES string of the molecule is O=C1Nc2cc(F)ccc2C1Nc1cccc2ccccc12. The van der Waals surface area contributed by atoms with Crippen LogP contribution in [0, 0.1) is 5.82 Å². The molecule has 0 spiro atoms. The summed E-state index contributed by atoms with van der Waals surface area (Å²) in [5.41, 5.74) is 2.18. The topological polar surface area (TPSA) is 41.1 Å². The minimum Gasteiger partial charge on any atom is -0.370 e. The van der Waals surface area contributed by atoms with E-state index in [1.807, 2.05) is 42.5 Å². The first-order valence-electron chi connectivity index (χ1n) is 7.07. The molecule has 2 N–H and O–H groups in total. The maximum absolute atomic E-state index is 13.3. The number of carbonyl (C=O) groups is 1. The van der Waals surface area contributed by atoms with Crippen LogP contribution >= 0.6 is 0 Å². The zero-order valence-electron chi connectivity index (χ0n) is 11.6. The van der Waals surface area contributed by atoms with Gasteiger partial charge in [0.05, 0.1) is 0 Å². The molecule has 1 aliphatic heterocycles. The molecule has 3 nitrogen and oxygen atoms in total. The van der Waals surface area contributed by atoms with Crippen LogP contribution in [-0.2, 0) is 4.79 Å². The lowest BCUT2D eigenvalue weighted by Gasteiger charge is -2.15. The minimum absolute atomic E-state index is 0.173. The molecule has 1 aliphatic rings. The van der Waals surface area contributed by atoms with E-state index >= 15 is 0 Å². The largest absolute Gasteiger partial charge is 0.370 e. The summed E-state index contributed by atoms with van der Waals surface area (Å²) in [6.45, 7) is 0. The van der Waals surface area contributed by atoms with Crippen molar-refractivity contribution < 1.29 is 9.18 Å². The average Bonchev–Trinajstić information content (AvgIpc) is 2.83. The van der Waals surface area contributed by atoms with E-state index in [-0.39, 0.29) is 11.7 Å². The van der Waals surface area contributed by atoms with Crippen molar-refractivity contribution in [1.29, 1.82) is 0 Å². The van der Waals surface area contributed by atoms with Gasteiger partial charge in [0.2, 0.25) is 0 Å². The predicted molar refractivity (Wildman–Crippen MR) is 85.3 cm³/mol. The van der Waals surface area contributed by atoms with Crippen LogP contribution in [0.3, 0.4) is 0 Å². The van der Waals surface area contributed by atoms with Gasteiger partial charge in [-0.3, -0.25) is 4.79 Å². The Kier molecular flexibility index (Phi) is 2.82. The third-order valence-corrected chi connectivity index (χ3v) is 3.94. The monoisotopic (exact) mass is 292 g/mol. The van der Waals surface area contributed by atoms with Crippen LogP contribution in [-0.4, -0.2) is 5.91 Å². The highest BCUT2D eigenvalue weighted by atomic mass is 19.1. The quantitative estimate of drug-likeness (QED) is 0.747. The number of hydrogen-bond donors (Lipinski definition) is 2. The van der Waals surface area contributed by atoms with Gasteiger partial charge in [0.1, 0.15) is 11.9 Å². The van der Waals surface area contributed by atoms with E-state index in [2.05, 4.69) is 10.6 Å². The third-order valence-electron chi connectivity index (χ3n) is 3.94. The van der Waals surface area contributed by atoms with Crippen molar-refractivity contribution in [3.63, 3.8) is 0 Å². The number of nitrogens with one attached hydrogen (secondary N) is 2. The Morgan fingerprint density at radius 2 is 1.82 bits per heavy atom. The smallest absolute Gasteiger partial charge is 0.251 e. The summed E-state index contributed by atoms with van der Waals surface area (Å²) in [4.78, 5) is 12.2. The van der Waals surface area contributed by atoms with E-state index in [0.717, 1.165) is 22.0 Å². The Morgan fingerprint density at radius 3 is 2.73 bits per heavy atom. The van der Waals surface area contributed by atoms with Crippen molar-refractivity contribution in [1.82, 2.24) is 0 Å². The highest BCUT2D eigenvalue weighted by molar-refractivity contribution is 6.05. The van der Waals surface area contributed by atoms with E-state index in [0.29, 0.717) is 5.69 Å². The number of amides is 1. The number of carbonyl (C=O) groups excluding carboxylic acids is 1. The van der Waals surface area contributed by atoms with Gasteiger partial charge in [-0.15, -0.1) is 0 Å². The number of benzene rings is 3. The van der Waals surface area contributed by atoms with E-state index in [9.17, 15) is 9.18 Å². The molecular weight excluding hydrogens is 279 g/mol. The second-order valence-electron chi connectivity index (χ2n) is 5.32. The van der Waals surface area contributed by atoms with Crippen molar-refractivity contribution in [2.75, 3.05) is 10.6 Å². The second kappa shape index (κ2) is 4.84. The van der Waals surface area contributed by atoms with Gasteiger partial charge in [-0.2, -0.15) is 0 Å². The summed E-state index contributed by atoms with van der Waals surface area (Å²) in [7, 11) is 0. The van der Waals surface area contributed by atoms with Gasteiger partial charge < -0.3 is 10.6 Å². The molecule has 0 radical (unpaired) electrons. The highest BCUT2D eigenvalue weighted by Gasteiger charge is 2.30. The minimum atomic E-state index is -0.513. The summed E-state index contributed by atoms with van der Waals surface area (Å²) in [5.74, 6) is -0.529. The Hall–Kier alpha value is -2.88. The fourth-order valence-electron chi connectivity index (χ4n) is 2.88. The molecule has 1 unspecified atom stereocenters. The van der Waals surface area contributed by atoms with Crippen LogP contribution < -0.4 is 10.6 Å². The lowest BCUT2D eigenvalue weighted by Crippen LogP contribution is -2.19. The van der Waals surface area contributed by atoms with Gasteiger partial charge >= 0.3 is 0 Å². The lowest BCUT2D eigenvalue weighted by atomic mass is 10.1. The Labute approximate surface area is 126 Å². The Morgan fingerprint density at radius 1 is 1.00 bits per heavy atom. The lowest BCUT2D eigenvalue weighted by molar-refractivity contribution is -0.116. The summed E-state index contributed by atoms with van der Waals surface area (Å²) in [6.07, 6.45) is 0. The van der Waals surface area contributed by atoms with Crippen LogP contribution in [0.4, 0.5) is 15.8 Å². The molecule has 1 heterocycles.